The molecule has 0 aromatic carbocycles. The van der Waals surface area contributed by atoms with Crippen molar-refractivity contribution in [2.75, 3.05) is 39.2 Å². The molecule has 0 aromatic rings. The Hall–Kier alpha value is -0.660. The fraction of sp³-hybridized carbons (Fsp3) is 0.875. The fourth-order valence-corrected chi connectivity index (χ4v) is 1.66. The van der Waals surface area contributed by atoms with E-state index in [2.05, 4.69) is 5.32 Å². The van der Waals surface area contributed by atoms with Crippen molar-refractivity contribution in [1.29, 1.82) is 0 Å². The van der Waals surface area contributed by atoms with Crippen LogP contribution in [0, 0.1) is 0 Å². The quantitative estimate of drug-likeness (QED) is 0.569. The standard InChI is InChI=1S/C8H18N2O4S/c1-9-7(8(11)12)6-10(2)4-5-15(3,13)14/h7,9H,4-6H2,1-3H3,(H,11,12). The van der Waals surface area contributed by atoms with E-state index in [1.807, 2.05) is 0 Å². The van der Waals surface area contributed by atoms with E-state index in [0.29, 0.717) is 6.54 Å². The summed E-state index contributed by atoms with van der Waals surface area (Å²) in [5.74, 6) is -0.900. The van der Waals surface area contributed by atoms with E-state index in [9.17, 15) is 13.2 Å². The Balaban J connectivity index is 4.02. The Kier molecular flexibility index (Phi) is 5.77. The van der Waals surface area contributed by atoms with Crippen LogP contribution in [-0.2, 0) is 14.6 Å². The van der Waals surface area contributed by atoms with Gasteiger partial charge in [0.15, 0.2) is 0 Å². The minimum absolute atomic E-state index is 0.0412. The molecule has 0 aliphatic carbocycles. The number of carbonyl (C=O) groups is 1. The van der Waals surface area contributed by atoms with Gasteiger partial charge in [-0.3, -0.25) is 4.79 Å². The van der Waals surface area contributed by atoms with E-state index in [1.165, 1.54) is 0 Å². The molecule has 90 valence electrons. The van der Waals surface area contributed by atoms with Crippen molar-refractivity contribution in [3.8, 4) is 0 Å². The molecular formula is C8H18N2O4S. The zero-order chi connectivity index (χ0) is 12.1. The molecule has 1 atom stereocenters. The van der Waals surface area contributed by atoms with E-state index < -0.39 is 21.8 Å². The van der Waals surface area contributed by atoms with Gasteiger partial charge in [-0.1, -0.05) is 0 Å². The van der Waals surface area contributed by atoms with Crippen LogP contribution in [0.25, 0.3) is 0 Å². The lowest BCUT2D eigenvalue weighted by Gasteiger charge is -2.20. The normalized spacial score (nSPS) is 14.1. The number of hydrogen-bond donors (Lipinski definition) is 2. The predicted molar refractivity (Wildman–Crippen MR) is 57.7 cm³/mol. The molecule has 0 rings (SSSR count). The monoisotopic (exact) mass is 238 g/mol. The molecule has 0 saturated carbocycles. The number of rotatable bonds is 7. The van der Waals surface area contributed by atoms with Gasteiger partial charge in [0.25, 0.3) is 0 Å². The number of carboxylic acid groups (broad SMARTS) is 1. The lowest BCUT2D eigenvalue weighted by Crippen LogP contribution is -2.44. The van der Waals surface area contributed by atoms with Crippen molar-refractivity contribution >= 4 is 15.8 Å². The van der Waals surface area contributed by atoms with Crippen LogP contribution in [-0.4, -0.2) is 69.6 Å². The zero-order valence-corrected chi connectivity index (χ0v) is 10.0. The first-order valence-electron chi connectivity index (χ1n) is 4.52. The van der Waals surface area contributed by atoms with Crippen LogP contribution >= 0.6 is 0 Å². The molecule has 0 heterocycles. The van der Waals surface area contributed by atoms with Gasteiger partial charge in [0, 0.05) is 19.3 Å². The summed E-state index contributed by atoms with van der Waals surface area (Å²) in [5.41, 5.74) is 0. The summed E-state index contributed by atoms with van der Waals surface area (Å²) in [4.78, 5) is 12.3. The van der Waals surface area contributed by atoms with Gasteiger partial charge in [-0.15, -0.1) is 0 Å². The van der Waals surface area contributed by atoms with Crippen molar-refractivity contribution in [3.05, 3.63) is 0 Å². The average Bonchev–Trinajstić information content (AvgIpc) is 2.09. The SMILES string of the molecule is CNC(CN(C)CCS(C)(=O)=O)C(=O)O. The summed E-state index contributed by atoms with van der Waals surface area (Å²) >= 11 is 0. The van der Waals surface area contributed by atoms with Gasteiger partial charge in [0.1, 0.15) is 15.9 Å². The van der Waals surface area contributed by atoms with Crippen LogP contribution < -0.4 is 5.32 Å². The molecule has 0 saturated heterocycles. The molecule has 2 N–H and O–H groups in total. The molecule has 0 aromatic heterocycles. The molecule has 0 bridgehead atoms. The number of nitrogens with zero attached hydrogens (tertiary/aromatic N) is 1. The molecule has 0 radical (unpaired) electrons. The molecular weight excluding hydrogens is 220 g/mol. The Morgan fingerprint density at radius 2 is 2.07 bits per heavy atom. The second-order valence-corrected chi connectivity index (χ2v) is 5.83. The molecule has 0 spiro atoms. The van der Waals surface area contributed by atoms with Crippen molar-refractivity contribution in [3.63, 3.8) is 0 Å². The summed E-state index contributed by atoms with van der Waals surface area (Å²) in [6, 6.07) is -0.672. The minimum Gasteiger partial charge on any atom is -0.480 e. The minimum atomic E-state index is -2.99. The topological polar surface area (TPSA) is 86.7 Å². The number of likely N-dealkylation sites (N-methyl/N-ethyl adjacent to an activating group) is 2. The van der Waals surface area contributed by atoms with Gasteiger partial charge in [-0.05, 0) is 14.1 Å². The first-order chi connectivity index (χ1) is 6.76. The van der Waals surface area contributed by atoms with Crippen molar-refractivity contribution in [2.24, 2.45) is 0 Å². The molecule has 7 heteroatoms. The number of carboxylic acids is 1. The highest BCUT2D eigenvalue weighted by Gasteiger charge is 2.17. The lowest BCUT2D eigenvalue weighted by atomic mass is 10.3. The van der Waals surface area contributed by atoms with Gasteiger partial charge in [0.2, 0.25) is 0 Å². The van der Waals surface area contributed by atoms with Gasteiger partial charge in [0.05, 0.1) is 5.75 Å². The van der Waals surface area contributed by atoms with E-state index >= 15 is 0 Å². The molecule has 0 fully saturated rings. The first-order valence-corrected chi connectivity index (χ1v) is 6.58. The van der Waals surface area contributed by atoms with Gasteiger partial charge < -0.3 is 15.3 Å². The summed E-state index contributed by atoms with van der Waals surface area (Å²) < 4.78 is 21.7. The molecule has 0 aliphatic heterocycles. The fourth-order valence-electron chi connectivity index (χ4n) is 1.02. The maximum absolute atomic E-state index is 10.9. The van der Waals surface area contributed by atoms with E-state index in [1.54, 1.807) is 19.0 Å². The molecule has 6 nitrogen and oxygen atoms in total. The van der Waals surface area contributed by atoms with Crippen LogP contribution in [0.5, 0.6) is 0 Å². The highest BCUT2D eigenvalue weighted by Crippen LogP contribution is 1.92. The number of hydrogen-bond acceptors (Lipinski definition) is 5. The smallest absolute Gasteiger partial charge is 0.322 e. The number of aliphatic carboxylic acids is 1. The van der Waals surface area contributed by atoms with Crippen LogP contribution in [0.15, 0.2) is 0 Å². The van der Waals surface area contributed by atoms with Crippen molar-refractivity contribution in [2.45, 2.75) is 6.04 Å². The summed E-state index contributed by atoms with van der Waals surface area (Å²) in [5, 5.41) is 11.4. The third-order valence-electron chi connectivity index (χ3n) is 1.98. The first kappa shape index (κ1) is 14.3. The largest absolute Gasteiger partial charge is 0.480 e. The highest BCUT2D eigenvalue weighted by atomic mass is 32.2. The van der Waals surface area contributed by atoms with Crippen molar-refractivity contribution in [1.82, 2.24) is 10.2 Å². The Bertz CT molecular complexity index is 302. The second-order valence-electron chi connectivity index (χ2n) is 3.57. The van der Waals surface area contributed by atoms with Crippen LogP contribution in [0.2, 0.25) is 0 Å². The summed E-state index contributed by atoms with van der Waals surface area (Å²) in [7, 11) is 0.260. The number of sulfone groups is 1. The molecule has 1 unspecified atom stereocenters. The zero-order valence-electron chi connectivity index (χ0n) is 9.23. The van der Waals surface area contributed by atoms with Gasteiger partial charge in [-0.2, -0.15) is 0 Å². The second kappa shape index (κ2) is 6.04. The summed E-state index contributed by atoms with van der Waals surface area (Å²) in [6.45, 7) is 0.617. The maximum atomic E-state index is 10.9. The van der Waals surface area contributed by atoms with Crippen molar-refractivity contribution < 1.29 is 18.3 Å². The third kappa shape index (κ3) is 7.29. The Labute approximate surface area is 90.2 Å². The van der Waals surface area contributed by atoms with Crippen LogP contribution in [0.4, 0.5) is 0 Å². The third-order valence-corrected chi connectivity index (χ3v) is 2.91. The maximum Gasteiger partial charge on any atom is 0.322 e. The molecule has 0 aliphatic rings. The predicted octanol–water partition coefficient (Wildman–Crippen LogP) is -1.36. The van der Waals surface area contributed by atoms with Gasteiger partial charge >= 0.3 is 5.97 Å². The molecule has 15 heavy (non-hydrogen) atoms. The van der Waals surface area contributed by atoms with Gasteiger partial charge in [-0.25, -0.2) is 8.42 Å². The Morgan fingerprint density at radius 3 is 2.40 bits per heavy atom. The Morgan fingerprint density at radius 1 is 1.53 bits per heavy atom. The molecule has 0 amide bonds. The van der Waals surface area contributed by atoms with E-state index in [0.717, 1.165) is 6.26 Å². The van der Waals surface area contributed by atoms with E-state index in [-0.39, 0.29) is 12.3 Å². The summed E-state index contributed by atoms with van der Waals surface area (Å²) in [6.07, 6.45) is 1.16. The van der Waals surface area contributed by atoms with Crippen LogP contribution in [0.1, 0.15) is 0 Å². The van der Waals surface area contributed by atoms with Crippen LogP contribution in [0.3, 0.4) is 0 Å². The average molecular weight is 238 g/mol. The number of nitrogens with one attached hydrogen (secondary N) is 1. The van der Waals surface area contributed by atoms with E-state index in [4.69, 9.17) is 5.11 Å². The highest BCUT2D eigenvalue weighted by molar-refractivity contribution is 7.90. The lowest BCUT2D eigenvalue weighted by molar-refractivity contribution is -0.139.